The number of anilines is 1. The summed E-state index contributed by atoms with van der Waals surface area (Å²) >= 11 is 5.97. The van der Waals surface area contributed by atoms with Crippen molar-refractivity contribution in [3.8, 4) is 11.4 Å². The summed E-state index contributed by atoms with van der Waals surface area (Å²) in [5.41, 5.74) is 1.25. The topological polar surface area (TPSA) is 51.1 Å². The highest BCUT2D eigenvalue weighted by Gasteiger charge is 2.18. The average molecular weight is 309 g/mol. The lowest BCUT2D eigenvalue weighted by molar-refractivity contribution is 0.122. The molecule has 0 aliphatic carbocycles. The predicted molar refractivity (Wildman–Crippen MR) is 78.0 cm³/mol. The number of benzene rings is 1. The maximum atomic E-state index is 14.0. The molecular weight excluding hydrogens is 295 g/mol. The molecule has 3 rings (SSSR count). The van der Waals surface area contributed by atoms with E-state index in [1.807, 2.05) is 11.8 Å². The van der Waals surface area contributed by atoms with Crippen molar-refractivity contribution in [3.05, 3.63) is 34.9 Å². The summed E-state index contributed by atoms with van der Waals surface area (Å²) in [5.74, 6) is 0.322. The van der Waals surface area contributed by atoms with E-state index in [0.29, 0.717) is 37.8 Å². The first-order chi connectivity index (χ1) is 10.1. The van der Waals surface area contributed by atoms with Gasteiger partial charge in [-0.3, -0.25) is 0 Å². The fourth-order valence-electron chi connectivity index (χ4n) is 2.18. The Kier molecular flexibility index (Phi) is 3.98. The van der Waals surface area contributed by atoms with Gasteiger partial charge in [-0.25, -0.2) is 4.39 Å². The van der Waals surface area contributed by atoms with E-state index >= 15 is 0 Å². The van der Waals surface area contributed by atoms with Gasteiger partial charge < -0.3 is 9.64 Å². The fraction of sp³-hybridized carbons (Fsp3) is 0.357. The van der Waals surface area contributed by atoms with Gasteiger partial charge in [-0.05, 0) is 30.7 Å². The fourth-order valence-corrected chi connectivity index (χ4v) is 2.33. The molecule has 110 valence electrons. The standard InChI is InChI=1S/C14H14ClFN4O/c1-9-2-3-11(16)10(8-9)12-17-13(15)19-14(18-12)20-4-6-21-7-5-20/h2-3,8H,4-7H2,1H3. The van der Waals surface area contributed by atoms with Crippen molar-refractivity contribution in [1.29, 1.82) is 0 Å². The molecule has 1 fully saturated rings. The summed E-state index contributed by atoms with van der Waals surface area (Å²) in [7, 11) is 0. The van der Waals surface area contributed by atoms with Gasteiger partial charge in [0.25, 0.3) is 0 Å². The van der Waals surface area contributed by atoms with E-state index in [-0.39, 0.29) is 16.9 Å². The van der Waals surface area contributed by atoms with E-state index in [0.717, 1.165) is 5.56 Å². The molecule has 2 aromatic rings. The zero-order valence-electron chi connectivity index (χ0n) is 11.5. The van der Waals surface area contributed by atoms with Gasteiger partial charge in [-0.15, -0.1) is 0 Å². The molecule has 0 atom stereocenters. The van der Waals surface area contributed by atoms with Crippen molar-refractivity contribution in [3.63, 3.8) is 0 Å². The number of morpholine rings is 1. The maximum absolute atomic E-state index is 14.0. The Hall–Kier alpha value is -1.79. The normalized spacial score (nSPS) is 15.3. The quantitative estimate of drug-likeness (QED) is 0.853. The van der Waals surface area contributed by atoms with Gasteiger partial charge in [-0.2, -0.15) is 15.0 Å². The van der Waals surface area contributed by atoms with Crippen LogP contribution < -0.4 is 4.90 Å². The van der Waals surface area contributed by atoms with Gasteiger partial charge in [0, 0.05) is 13.1 Å². The van der Waals surface area contributed by atoms with Crippen LogP contribution in [0.25, 0.3) is 11.4 Å². The van der Waals surface area contributed by atoms with Crippen LogP contribution in [-0.2, 0) is 4.74 Å². The Morgan fingerprint density at radius 3 is 2.71 bits per heavy atom. The third kappa shape index (κ3) is 3.11. The molecule has 1 aliphatic rings. The molecule has 5 nitrogen and oxygen atoms in total. The van der Waals surface area contributed by atoms with Crippen molar-refractivity contribution in [2.45, 2.75) is 6.92 Å². The Morgan fingerprint density at radius 2 is 1.95 bits per heavy atom. The highest BCUT2D eigenvalue weighted by molar-refractivity contribution is 6.28. The van der Waals surface area contributed by atoms with Gasteiger partial charge in [0.1, 0.15) is 5.82 Å². The smallest absolute Gasteiger partial charge is 0.230 e. The molecule has 1 aromatic heterocycles. The van der Waals surface area contributed by atoms with Crippen molar-refractivity contribution < 1.29 is 9.13 Å². The second-order valence-electron chi connectivity index (χ2n) is 4.81. The second-order valence-corrected chi connectivity index (χ2v) is 5.15. The van der Waals surface area contributed by atoms with Crippen molar-refractivity contribution in [2.75, 3.05) is 31.2 Å². The Labute approximate surface area is 126 Å². The van der Waals surface area contributed by atoms with Crippen molar-refractivity contribution in [1.82, 2.24) is 15.0 Å². The molecule has 21 heavy (non-hydrogen) atoms. The highest BCUT2D eigenvalue weighted by atomic mass is 35.5. The lowest BCUT2D eigenvalue weighted by Gasteiger charge is -2.26. The largest absolute Gasteiger partial charge is 0.378 e. The first kappa shape index (κ1) is 14.2. The van der Waals surface area contributed by atoms with Gasteiger partial charge in [-0.1, -0.05) is 11.6 Å². The minimum atomic E-state index is -0.379. The van der Waals surface area contributed by atoms with Crippen LogP contribution in [0.15, 0.2) is 18.2 Å². The molecule has 0 N–H and O–H groups in total. The minimum absolute atomic E-state index is 0.0578. The zero-order chi connectivity index (χ0) is 14.8. The van der Waals surface area contributed by atoms with E-state index in [4.69, 9.17) is 16.3 Å². The van der Waals surface area contributed by atoms with Crippen LogP contribution in [0, 0.1) is 12.7 Å². The van der Waals surface area contributed by atoms with Crippen molar-refractivity contribution >= 4 is 17.5 Å². The monoisotopic (exact) mass is 308 g/mol. The molecule has 0 bridgehead atoms. The molecule has 1 aromatic carbocycles. The highest BCUT2D eigenvalue weighted by Crippen LogP contribution is 2.23. The summed E-state index contributed by atoms with van der Waals surface area (Å²) in [4.78, 5) is 14.5. The average Bonchev–Trinajstić information content (AvgIpc) is 2.50. The van der Waals surface area contributed by atoms with Gasteiger partial charge in [0.15, 0.2) is 5.82 Å². The number of aromatic nitrogens is 3. The summed E-state index contributed by atoms with van der Waals surface area (Å²) in [6.07, 6.45) is 0. The number of ether oxygens (including phenoxy) is 1. The molecule has 0 unspecified atom stereocenters. The van der Waals surface area contributed by atoms with Crippen LogP contribution in [0.1, 0.15) is 5.56 Å². The molecule has 0 radical (unpaired) electrons. The molecular formula is C14H14ClFN4O. The van der Waals surface area contributed by atoms with Crippen LogP contribution in [0.3, 0.4) is 0 Å². The molecule has 0 saturated carbocycles. The van der Waals surface area contributed by atoms with Gasteiger partial charge >= 0.3 is 0 Å². The van der Waals surface area contributed by atoms with E-state index < -0.39 is 0 Å². The van der Waals surface area contributed by atoms with Crippen LogP contribution in [0.4, 0.5) is 10.3 Å². The Bertz CT molecular complexity index is 661. The summed E-state index contributed by atoms with van der Waals surface area (Å²) in [6, 6.07) is 4.80. The lowest BCUT2D eigenvalue weighted by Crippen LogP contribution is -2.37. The van der Waals surface area contributed by atoms with Gasteiger partial charge in [0.05, 0.1) is 18.8 Å². The third-order valence-corrected chi connectivity index (χ3v) is 3.42. The van der Waals surface area contributed by atoms with Crippen LogP contribution >= 0.6 is 11.6 Å². The van der Waals surface area contributed by atoms with Gasteiger partial charge in [0.2, 0.25) is 11.2 Å². The maximum Gasteiger partial charge on any atom is 0.230 e. The number of hydrogen-bond acceptors (Lipinski definition) is 5. The predicted octanol–water partition coefficient (Wildman–Crippen LogP) is 2.48. The van der Waals surface area contributed by atoms with Crippen LogP contribution in [0.5, 0.6) is 0 Å². The lowest BCUT2D eigenvalue weighted by atomic mass is 10.1. The third-order valence-electron chi connectivity index (χ3n) is 3.25. The molecule has 1 aliphatic heterocycles. The first-order valence-corrected chi connectivity index (χ1v) is 7.02. The Balaban J connectivity index is 2.02. The second kappa shape index (κ2) is 5.91. The number of halogens is 2. The van der Waals surface area contributed by atoms with Crippen LogP contribution in [0.2, 0.25) is 5.28 Å². The van der Waals surface area contributed by atoms with Crippen molar-refractivity contribution in [2.24, 2.45) is 0 Å². The number of hydrogen-bond donors (Lipinski definition) is 0. The van der Waals surface area contributed by atoms with E-state index in [9.17, 15) is 4.39 Å². The molecule has 7 heteroatoms. The molecule has 1 saturated heterocycles. The number of nitrogens with zero attached hydrogens (tertiary/aromatic N) is 4. The van der Waals surface area contributed by atoms with E-state index in [1.54, 1.807) is 12.1 Å². The molecule has 0 spiro atoms. The molecule has 0 amide bonds. The molecule has 2 heterocycles. The SMILES string of the molecule is Cc1ccc(F)c(-c2nc(Cl)nc(N3CCOCC3)n2)c1. The first-order valence-electron chi connectivity index (χ1n) is 6.64. The zero-order valence-corrected chi connectivity index (χ0v) is 12.3. The van der Waals surface area contributed by atoms with E-state index in [2.05, 4.69) is 15.0 Å². The number of rotatable bonds is 2. The summed E-state index contributed by atoms with van der Waals surface area (Å²) < 4.78 is 19.3. The number of aryl methyl sites for hydroxylation is 1. The summed E-state index contributed by atoms with van der Waals surface area (Å²) in [6.45, 7) is 4.45. The van der Waals surface area contributed by atoms with Crippen LogP contribution in [-0.4, -0.2) is 41.3 Å². The van der Waals surface area contributed by atoms with E-state index in [1.165, 1.54) is 6.07 Å². The summed E-state index contributed by atoms with van der Waals surface area (Å²) in [5, 5.41) is 0.0578. The minimum Gasteiger partial charge on any atom is -0.378 e. The Morgan fingerprint density at radius 1 is 1.19 bits per heavy atom.